The Balaban J connectivity index is 1.41. The van der Waals surface area contributed by atoms with Crippen LogP contribution in [0.5, 0.6) is 0 Å². The van der Waals surface area contributed by atoms with Crippen LogP contribution in [0.25, 0.3) is 0 Å². The molecule has 0 atom stereocenters. The van der Waals surface area contributed by atoms with E-state index < -0.39 is 0 Å². The molecule has 1 saturated carbocycles. The van der Waals surface area contributed by atoms with Crippen molar-refractivity contribution in [2.75, 3.05) is 32.7 Å². The minimum atomic E-state index is -0.00285. The molecule has 2 saturated heterocycles. The van der Waals surface area contributed by atoms with Crippen molar-refractivity contribution in [2.24, 2.45) is 11.3 Å². The van der Waals surface area contributed by atoms with Crippen LogP contribution in [0.1, 0.15) is 38.5 Å². The Morgan fingerprint density at radius 1 is 1.06 bits per heavy atom. The number of aliphatic hydroxyl groups excluding tert-OH is 1. The highest BCUT2D eigenvalue weighted by Crippen LogP contribution is 2.35. The van der Waals surface area contributed by atoms with Crippen LogP contribution in [0.15, 0.2) is 0 Å². The Morgan fingerprint density at radius 3 is 2.24 bits per heavy atom. The van der Waals surface area contributed by atoms with Gasteiger partial charge in [-0.25, -0.2) is 0 Å². The zero-order valence-corrected chi connectivity index (χ0v) is 10.8. The van der Waals surface area contributed by atoms with E-state index in [1.807, 2.05) is 0 Å². The molecule has 3 aliphatic rings. The Kier molecular flexibility index (Phi) is 3.42. The largest absolute Gasteiger partial charge is 0.393 e. The van der Waals surface area contributed by atoms with Crippen LogP contribution in [0, 0.1) is 11.3 Å². The average molecular weight is 238 g/mol. The Labute approximate surface area is 105 Å². The number of nitrogens with one attached hydrogen (secondary N) is 1. The first-order valence-electron chi connectivity index (χ1n) is 7.37. The maximum atomic E-state index is 9.52. The van der Waals surface area contributed by atoms with Crippen molar-refractivity contribution in [1.29, 1.82) is 0 Å². The van der Waals surface area contributed by atoms with E-state index in [0.29, 0.717) is 5.41 Å². The number of likely N-dealkylation sites (tertiary alicyclic amines) is 1. The van der Waals surface area contributed by atoms with E-state index in [4.69, 9.17) is 0 Å². The van der Waals surface area contributed by atoms with Gasteiger partial charge >= 0.3 is 0 Å². The highest BCUT2D eigenvalue weighted by molar-refractivity contribution is 4.96. The molecule has 3 nitrogen and oxygen atoms in total. The third kappa shape index (κ3) is 2.67. The van der Waals surface area contributed by atoms with Gasteiger partial charge in [0.05, 0.1) is 6.10 Å². The molecule has 0 bridgehead atoms. The van der Waals surface area contributed by atoms with E-state index in [-0.39, 0.29) is 6.10 Å². The standard InChI is InChI=1S/C14H26N2O/c17-13-3-1-12(2-4-13)9-16-7-5-14(6-8-16)10-15-11-14/h12-13,15,17H,1-11H2. The summed E-state index contributed by atoms with van der Waals surface area (Å²) >= 11 is 0. The number of aliphatic hydroxyl groups is 1. The second kappa shape index (κ2) is 4.87. The molecule has 2 aliphatic heterocycles. The third-order valence-electron chi connectivity index (χ3n) is 5.25. The SMILES string of the molecule is OC1CCC(CN2CCC3(CC2)CNC3)CC1. The Morgan fingerprint density at radius 2 is 1.71 bits per heavy atom. The van der Waals surface area contributed by atoms with Gasteiger partial charge in [0.1, 0.15) is 0 Å². The first-order valence-corrected chi connectivity index (χ1v) is 7.37. The second-order valence-electron chi connectivity index (χ2n) is 6.58. The summed E-state index contributed by atoms with van der Waals surface area (Å²) < 4.78 is 0. The lowest BCUT2D eigenvalue weighted by atomic mass is 9.73. The van der Waals surface area contributed by atoms with Gasteiger partial charge in [-0.05, 0) is 62.9 Å². The van der Waals surface area contributed by atoms with E-state index in [9.17, 15) is 5.11 Å². The molecule has 17 heavy (non-hydrogen) atoms. The van der Waals surface area contributed by atoms with Gasteiger partial charge in [-0.3, -0.25) is 0 Å². The molecular formula is C14H26N2O. The smallest absolute Gasteiger partial charge is 0.0540 e. The van der Waals surface area contributed by atoms with Crippen LogP contribution in [0.3, 0.4) is 0 Å². The van der Waals surface area contributed by atoms with Gasteiger partial charge in [0, 0.05) is 19.6 Å². The molecule has 3 rings (SSSR count). The van der Waals surface area contributed by atoms with Gasteiger partial charge in [0.2, 0.25) is 0 Å². The Bertz CT molecular complexity index is 247. The quantitative estimate of drug-likeness (QED) is 0.759. The van der Waals surface area contributed by atoms with Crippen molar-refractivity contribution in [1.82, 2.24) is 10.2 Å². The molecule has 0 aromatic rings. The topological polar surface area (TPSA) is 35.5 Å². The maximum absolute atomic E-state index is 9.52. The van der Waals surface area contributed by atoms with Gasteiger partial charge in [0.25, 0.3) is 0 Å². The fourth-order valence-electron chi connectivity index (χ4n) is 3.73. The molecule has 2 N–H and O–H groups in total. The summed E-state index contributed by atoms with van der Waals surface area (Å²) in [7, 11) is 0. The summed E-state index contributed by atoms with van der Waals surface area (Å²) in [4.78, 5) is 2.67. The fraction of sp³-hybridized carbons (Fsp3) is 1.00. The number of nitrogens with zero attached hydrogens (tertiary/aromatic N) is 1. The number of hydrogen-bond donors (Lipinski definition) is 2. The van der Waals surface area contributed by atoms with Crippen molar-refractivity contribution >= 4 is 0 Å². The summed E-state index contributed by atoms with van der Waals surface area (Å²) in [5, 5.41) is 12.9. The molecule has 1 spiro atoms. The van der Waals surface area contributed by atoms with Crippen LogP contribution >= 0.6 is 0 Å². The molecule has 1 aliphatic carbocycles. The lowest BCUT2D eigenvalue weighted by molar-refractivity contribution is 0.0372. The van der Waals surface area contributed by atoms with Crippen LogP contribution in [0.2, 0.25) is 0 Å². The predicted octanol–water partition coefficient (Wildman–Crippen LogP) is 1.22. The van der Waals surface area contributed by atoms with Crippen molar-refractivity contribution in [2.45, 2.75) is 44.6 Å². The van der Waals surface area contributed by atoms with Crippen molar-refractivity contribution in [3.8, 4) is 0 Å². The summed E-state index contributed by atoms with van der Waals surface area (Å²) in [6.07, 6.45) is 7.34. The van der Waals surface area contributed by atoms with Crippen molar-refractivity contribution < 1.29 is 5.11 Å². The van der Waals surface area contributed by atoms with Crippen molar-refractivity contribution in [3.05, 3.63) is 0 Å². The monoisotopic (exact) mass is 238 g/mol. The minimum Gasteiger partial charge on any atom is -0.393 e. The lowest BCUT2D eigenvalue weighted by Crippen LogP contribution is -2.58. The molecule has 0 amide bonds. The lowest BCUT2D eigenvalue weighted by Gasteiger charge is -2.49. The van der Waals surface area contributed by atoms with Gasteiger partial charge in [-0.1, -0.05) is 0 Å². The first-order chi connectivity index (χ1) is 8.26. The number of piperidine rings is 1. The van der Waals surface area contributed by atoms with Gasteiger partial charge in [0.15, 0.2) is 0 Å². The molecule has 0 radical (unpaired) electrons. The molecule has 98 valence electrons. The highest BCUT2D eigenvalue weighted by Gasteiger charge is 2.39. The maximum Gasteiger partial charge on any atom is 0.0540 e. The summed E-state index contributed by atoms with van der Waals surface area (Å²) in [6, 6.07) is 0. The second-order valence-corrected chi connectivity index (χ2v) is 6.58. The zero-order valence-electron chi connectivity index (χ0n) is 10.8. The van der Waals surface area contributed by atoms with Crippen LogP contribution in [-0.2, 0) is 0 Å². The van der Waals surface area contributed by atoms with E-state index in [1.54, 1.807) is 0 Å². The van der Waals surface area contributed by atoms with E-state index in [1.165, 1.54) is 58.4 Å². The summed E-state index contributed by atoms with van der Waals surface area (Å²) in [5.74, 6) is 0.854. The van der Waals surface area contributed by atoms with Crippen LogP contribution in [-0.4, -0.2) is 48.8 Å². The van der Waals surface area contributed by atoms with Crippen LogP contribution in [0.4, 0.5) is 0 Å². The number of hydrogen-bond acceptors (Lipinski definition) is 3. The third-order valence-corrected chi connectivity index (χ3v) is 5.25. The van der Waals surface area contributed by atoms with E-state index in [2.05, 4.69) is 10.2 Å². The van der Waals surface area contributed by atoms with Gasteiger partial charge < -0.3 is 15.3 Å². The minimum absolute atomic E-state index is 0.00285. The zero-order chi connectivity index (χ0) is 11.7. The highest BCUT2D eigenvalue weighted by atomic mass is 16.3. The summed E-state index contributed by atoms with van der Waals surface area (Å²) in [6.45, 7) is 6.42. The predicted molar refractivity (Wildman–Crippen MR) is 68.9 cm³/mol. The molecule has 0 unspecified atom stereocenters. The van der Waals surface area contributed by atoms with E-state index in [0.717, 1.165) is 18.8 Å². The molecule has 0 aromatic heterocycles. The Hall–Kier alpha value is -0.120. The first kappa shape index (κ1) is 11.9. The van der Waals surface area contributed by atoms with Gasteiger partial charge in [-0.2, -0.15) is 0 Å². The number of rotatable bonds is 2. The van der Waals surface area contributed by atoms with Gasteiger partial charge in [-0.15, -0.1) is 0 Å². The molecule has 2 heterocycles. The fourth-order valence-corrected chi connectivity index (χ4v) is 3.73. The molecule has 3 fully saturated rings. The molecule has 0 aromatic carbocycles. The van der Waals surface area contributed by atoms with Crippen LogP contribution < -0.4 is 5.32 Å². The molecular weight excluding hydrogens is 212 g/mol. The average Bonchev–Trinajstić information content (AvgIpc) is 2.31. The van der Waals surface area contributed by atoms with Crippen molar-refractivity contribution in [3.63, 3.8) is 0 Å². The molecule has 3 heteroatoms. The summed E-state index contributed by atoms with van der Waals surface area (Å²) in [5.41, 5.74) is 0.680. The van der Waals surface area contributed by atoms with E-state index >= 15 is 0 Å². The normalized spacial score (nSPS) is 37.9.